The van der Waals surface area contributed by atoms with Gasteiger partial charge >= 0.3 is 5.97 Å². The molecule has 4 nitrogen and oxygen atoms in total. The maximum absolute atomic E-state index is 12.1. The van der Waals surface area contributed by atoms with Crippen molar-refractivity contribution in [3.05, 3.63) is 21.3 Å². The van der Waals surface area contributed by atoms with Crippen molar-refractivity contribution in [2.24, 2.45) is 11.8 Å². The molecule has 0 aliphatic carbocycles. The summed E-state index contributed by atoms with van der Waals surface area (Å²) in [5.74, 6) is -1.50. The molecule has 1 N–H and O–H groups in total. The van der Waals surface area contributed by atoms with Gasteiger partial charge < -0.3 is 10.0 Å². The van der Waals surface area contributed by atoms with Crippen molar-refractivity contribution >= 4 is 34.8 Å². The van der Waals surface area contributed by atoms with Crippen molar-refractivity contribution in [1.29, 1.82) is 0 Å². The second-order valence-electron chi connectivity index (χ2n) is 4.23. The molecule has 1 aliphatic rings. The number of nitrogens with zero attached hydrogens (tertiary/aromatic N) is 1. The maximum Gasteiger partial charge on any atom is 0.308 e. The zero-order valence-electron chi connectivity index (χ0n) is 9.22. The molecule has 17 heavy (non-hydrogen) atoms. The minimum atomic E-state index is -0.843. The summed E-state index contributed by atoms with van der Waals surface area (Å²) in [5, 5.41) is 11.2. The van der Waals surface area contributed by atoms with Crippen molar-refractivity contribution in [3.8, 4) is 0 Å². The number of carboxylic acid groups (broad SMARTS) is 1. The summed E-state index contributed by atoms with van der Waals surface area (Å²) in [4.78, 5) is 25.1. The van der Waals surface area contributed by atoms with Gasteiger partial charge in [-0.3, -0.25) is 9.59 Å². The quantitative estimate of drug-likeness (QED) is 0.899. The summed E-state index contributed by atoms with van der Waals surface area (Å²) < 4.78 is 0. The van der Waals surface area contributed by atoms with Crippen LogP contribution in [0.1, 0.15) is 16.6 Å². The molecule has 2 heterocycles. The van der Waals surface area contributed by atoms with Crippen LogP contribution in [0.4, 0.5) is 0 Å². The van der Waals surface area contributed by atoms with Crippen LogP contribution in [-0.2, 0) is 4.79 Å². The molecule has 2 atom stereocenters. The van der Waals surface area contributed by atoms with Gasteiger partial charge in [0, 0.05) is 13.1 Å². The van der Waals surface area contributed by atoms with Gasteiger partial charge in [-0.05, 0) is 17.4 Å². The van der Waals surface area contributed by atoms with Gasteiger partial charge in [0.05, 0.1) is 10.9 Å². The van der Waals surface area contributed by atoms with E-state index < -0.39 is 11.9 Å². The van der Waals surface area contributed by atoms with Gasteiger partial charge in [0.2, 0.25) is 0 Å². The molecule has 2 unspecified atom stereocenters. The van der Waals surface area contributed by atoms with Gasteiger partial charge in [0.25, 0.3) is 5.91 Å². The third kappa shape index (κ3) is 2.30. The van der Waals surface area contributed by atoms with E-state index in [0.29, 0.717) is 16.4 Å². The van der Waals surface area contributed by atoms with Crippen molar-refractivity contribution in [1.82, 2.24) is 4.90 Å². The van der Waals surface area contributed by atoms with E-state index in [1.165, 1.54) is 11.3 Å². The molecule has 6 heteroatoms. The number of likely N-dealkylation sites (tertiary alicyclic amines) is 1. The molecule has 2 rings (SSSR count). The summed E-state index contributed by atoms with van der Waals surface area (Å²) in [6.07, 6.45) is 0. The van der Waals surface area contributed by atoms with Gasteiger partial charge in [-0.1, -0.05) is 18.5 Å². The Bertz CT molecular complexity index is 459. The average molecular weight is 274 g/mol. The predicted molar refractivity (Wildman–Crippen MR) is 65.5 cm³/mol. The van der Waals surface area contributed by atoms with Gasteiger partial charge in [0.15, 0.2) is 0 Å². The number of aliphatic carboxylic acids is 1. The van der Waals surface area contributed by atoms with Crippen LogP contribution in [0.15, 0.2) is 11.4 Å². The normalized spacial score (nSPS) is 24.0. The number of rotatable bonds is 2. The zero-order chi connectivity index (χ0) is 12.6. The summed E-state index contributed by atoms with van der Waals surface area (Å²) in [5.41, 5.74) is 0. The van der Waals surface area contributed by atoms with Gasteiger partial charge in [-0.25, -0.2) is 0 Å². The Kier molecular flexibility index (Phi) is 3.40. The topological polar surface area (TPSA) is 57.6 Å². The van der Waals surface area contributed by atoms with Crippen LogP contribution >= 0.6 is 22.9 Å². The van der Waals surface area contributed by atoms with Gasteiger partial charge in [0.1, 0.15) is 4.88 Å². The second kappa shape index (κ2) is 4.66. The second-order valence-corrected chi connectivity index (χ2v) is 5.55. The smallest absolute Gasteiger partial charge is 0.308 e. The first-order chi connectivity index (χ1) is 8.00. The van der Waals surface area contributed by atoms with Gasteiger partial charge in [-0.2, -0.15) is 0 Å². The Morgan fingerprint density at radius 1 is 1.53 bits per heavy atom. The van der Waals surface area contributed by atoms with Gasteiger partial charge in [-0.15, -0.1) is 11.3 Å². The predicted octanol–water partition coefficient (Wildman–Crippen LogP) is 2.19. The van der Waals surface area contributed by atoms with E-state index in [1.807, 2.05) is 6.92 Å². The van der Waals surface area contributed by atoms with Crippen molar-refractivity contribution < 1.29 is 14.7 Å². The average Bonchev–Trinajstić information content (AvgIpc) is 2.83. The molecule has 1 fully saturated rings. The molecule has 1 aromatic heterocycles. The summed E-state index contributed by atoms with van der Waals surface area (Å²) >= 11 is 7.18. The van der Waals surface area contributed by atoms with Crippen LogP contribution in [0, 0.1) is 11.8 Å². The minimum absolute atomic E-state index is 0.0183. The largest absolute Gasteiger partial charge is 0.481 e. The summed E-state index contributed by atoms with van der Waals surface area (Å²) in [6, 6.07) is 1.67. The van der Waals surface area contributed by atoms with Crippen molar-refractivity contribution in [2.75, 3.05) is 13.1 Å². The highest BCUT2D eigenvalue weighted by atomic mass is 35.5. The fourth-order valence-electron chi connectivity index (χ4n) is 2.04. The first-order valence-electron chi connectivity index (χ1n) is 5.25. The highest BCUT2D eigenvalue weighted by molar-refractivity contribution is 7.12. The fraction of sp³-hybridized carbons (Fsp3) is 0.455. The van der Waals surface area contributed by atoms with Crippen LogP contribution in [0.2, 0.25) is 5.02 Å². The standard InChI is InChI=1S/C11H12ClNO3S/c1-6-4-13(5-7(6)11(15)16)10(14)9-8(12)2-3-17-9/h2-3,6-7H,4-5H2,1H3,(H,15,16). The Balaban J connectivity index is 2.13. The van der Waals surface area contributed by atoms with E-state index in [-0.39, 0.29) is 18.4 Å². The SMILES string of the molecule is CC1CN(C(=O)c2sccc2Cl)CC1C(=O)O. The number of thiophene rings is 1. The first-order valence-corrected chi connectivity index (χ1v) is 6.51. The fourth-order valence-corrected chi connectivity index (χ4v) is 3.15. The Morgan fingerprint density at radius 2 is 2.24 bits per heavy atom. The van der Waals surface area contributed by atoms with E-state index in [9.17, 15) is 9.59 Å². The van der Waals surface area contributed by atoms with E-state index in [4.69, 9.17) is 16.7 Å². The number of hydrogen-bond acceptors (Lipinski definition) is 3. The summed E-state index contributed by atoms with van der Waals surface area (Å²) in [6.45, 7) is 2.59. The maximum atomic E-state index is 12.1. The highest BCUT2D eigenvalue weighted by Crippen LogP contribution is 2.29. The number of amides is 1. The molecule has 0 aromatic carbocycles. The number of carbonyl (C=O) groups is 2. The third-order valence-corrected chi connectivity index (χ3v) is 4.36. The Hall–Kier alpha value is -1.07. The lowest BCUT2D eigenvalue weighted by Crippen LogP contribution is -2.29. The first kappa shape index (κ1) is 12.4. The van der Waals surface area contributed by atoms with E-state index in [2.05, 4.69) is 0 Å². The molecule has 92 valence electrons. The molecule has 1 amide bonds. The number of halogens is 1. The van der Waals surface area contributed by atoms with E-state index >= 15 is 0 Å². The third-order valence-electron chi connectivity index (χ3n) is 3.03. The number of carbonyl (C=O) groups excluding carboxylic acids is 1. The van der Waals surface area contributed by atoms with Crippen LogP contribution in [0.5, 0.6) is 0 Å². The lowest BCUT2D eigenvalue weighted by atomic mass is 9.99. The molecule has 0 bridgehead atoms. The monoisotopic (exact) mass is 273 g/mol. The Labute approximate surface area is 108 Å². The molecular weight excluding hydrogens is 262 g/mol. The van der Waals surface area contributed by atoms with E-state index in [1.54, 1.807) is 16.3 Å². The lowest BCUT2D eigenvalue weighted by molar-refractivity contribution is -0.142. The van der Waals surface area contributed by atoms with Crippen LogP contribution in [-0.4, -0.2) is 35.0 Å². The number of hydrogen-bond donors (Lipinski definition) is 1. The lowest BCUT2D eigenvalue weighted by Gasteiger charge is -2.14. The van der Waals surface area contributed by atoms with Crippen LogP contribution < -0.4 is 0 Å². The Morgan fingerprint density at radius 3 is 2.71 bits per heavy atom. The van der Waals surface area contributed by atoms with Crippen molar-refractivity contribution in [3.63, 3.8) is 0 Å². The molecule has 0 radical (unpaired) electrons. The molecule has 1 aliphatic heterocycles. The molecular formula is C11H12ClNO3S. The minimum Gasteiger partial charge on any atom is -0.481 e. The van der Waals surface area contributed by atoms with E-state index in [0.717, 1.165) is 0 Å². The molecule has 1 saturated heterocycles. The van der Waals surface area contributed by atoms with Crippen LogP contribution in [0.25, 0.3) is 0 Å². The zero-order valence-corrected chi connectivity index (χ0v) is 10.8. The van der Waals surface area contributed by atoms with Crippen LogP contribution in [0.3, 0.4) is 0 Å². The van der Waals surface area contributed by atoms with Crippen molar-refractivity contribution in [2.45, 2.75) is 6.92 Å². The summed E-state index contributed by atoms with van der Waals surface area (Å²) in [7, 11) is 0. The molecule has 1 aromatic rings. The molecule has 0 saturated carbocycles. The highest BCUT2D eigenvalue weighted by Gasteiger charge is 2.37. The molecule has 0 spiro atoms. The number of carboxylic acids is 1.